The standard InChI is InChI=1S/C17H11F5O/c18-11-10(12(19)14(21)15(22)13(11)20)17-8-3-1-2-4-5(3)9(17)7(4)16(23-17)6(2)8/h2-9,16H,1H2/t2-,3-,4+,5+,6-,7+,8-,9-,16-,17-/m1/s1. The van der Waals surface area contributed by atoms with Crippen LogP contribution in [-0.2, 0) is 10.3 Å². The van der Waals surface area contributed by atoms with Crippen LogP contribution >= 0.6 is 0 Å². The molecule has 7 aliphatic rings. The Labute approximate surface area is 127 Å². The lowest BCUT2D eigenvalue weighted by atomic mass is 9.56. The second-order valence-electron chi connectivity index (χ2n) is 8.24. The highest BCUT2D eigenvalue weighted by molar-refractivity contribution is 5.46. The van der Waals surface area contributed by atoms with Gasteiger partial charge in [-0.2, -0.15) is 0 Å². The van der Waals surface area contributed by atoms with Gasteiger partial charge in [-0.1, -0.05) is 0 Å². The van der Waals surface area contributed by atoms with E-state index in [1.54, 1.807) is 0 Å². The first-order chi connectivity index (χ1) is 11.0. The van der Waals surface area contributed by atoms with Crippen molar-refractivity contribution >= 4 is 0 Å². The molecule has 23 heavy (non-hydrogen) atoms. The number of ether oxygens (including phenoxy) is 1. The molecule has 2 aliphatic heterocycles. The van der Waals surface area contributed by atoms with Gasteiger partial charge < -0.3 is 4.74 Å². The summed E-state index contributed by atoms with van der Waals surface area (Å²) in [7, 11) is 0. The quantitative estimate of drug-likeness (QED) is 0.437. The summed E-state index contributed by atoms with van der Waals surface area (Å²) in [6.45, 7) is 0. The third-order valence-electron chi connectivity index (χ3n) is 8.30. The minimum Gasteiger partial charge on any atom is -0.366 e. The Hall–Kier alpha value is -1.17. The van der Waals surface area contributed by atoms with Crippen LogP contribution in [0.5, 0.6) is 0 Å². The molecule has 0 N–H and O–H groups in total. The molecule has 2 heterocycles. The largest absolute Gasteiger partial charge is 0.366 e. The van der Waals surface area contributed by atoms with E-state index in [-0.39, 0.29) is 29.8 Å². The zero-order chi connectivity index (χ0) is 15.6. The molecule has 120 valence electrons. The van der Waals surface area contributed by atoms with Crippen LogP contribution in [0.4, 0.5) is 22.0 Å². The van der Waals surface area contributed by atoms with Gasteiger partial charge in [0.25, 0.3) is 0 Å². The monoisotopic (exact) mass is 326 g/mol. The van der Waals surface area contributed by atoms with Crippen molar-refractivity contribution in [2.45, 2.75) is 18.1 Å². The van der Waals surface area contributed by atoms with Crippen molar-refractivity contribution in [1.82, 2.24) is 0 Å². The van der Waals surface area contributed by atoms with Crippen molar-refractivity contribution in [3.05, 3.63) is 34.6 Å². The Balaban J connectivity index is 1.57. The van der Waals surface area contributed by atoms with E-state index < -0.39 is 40.3 Å². The van der Waals surface area contributed by atoms with Crippen LogP contribution in [-0.4, -0.2) is 6.10 Å². The SMILES string of the molecule is Fc1c(F)c(F)c([C@]23O[C@H]4[C@H]5[C@H]6[C@H]7C[C@H]([C@@H]6[C@H]52)[C@@H]3[C@@H]74)c(F)c1F. The van der Waals surface area contributed by atoms with Crippen LogP contribution in [0.1, 0.15) is 12.0 Å². The predicted molar refractivity (Wildman–Crippen MR) is 65.3 cm³/mol. The summed E-state index contributed by atoms with van der Waals surface area (Å²) in [6.07, 6.45) is 1.02. The fourth-order valence-electron chi connectivity index (χ4n) is 8.35. The maximum absolute atomic E-state index is 14.5. The number of benzene rings is 1. The molecule has 1 aromatic carbocycles. The highest BCUT2D eigenvalue weighted by Gasteiger charge is 2.93. The Morgan fingerprint density at radius 2 is 1.35 bits per heavy atom. The molecule has 0 unspecified atom stereocenters. The van der Waals surface area contributed by atoms with Crippen molar-refractivity contribution in [2.75, 3.05) is 0 Å². The van der Waals surface area contributed by atoms with E-state index in [2.05, 4.69) is 0 Å². The van der Waals surface area contributed by atoms with Crippen LogP contribution in [0.15, 0.2) is 0 Å². The van der Waals surface area contributed by atoms with E-state index >= 15 is 0 Å². The van der Waals surface area contributed by atoms with Crippen molar-refractivity contribution in [3.8, 4) is 0 Å². The zero-order valence-electron chi connectivity index (χ0n) is 11.7. The minimum atomic E-state index is -2.08. The summed E-state index contributed by atoms with van der Waals surface area (Å²) >= 11 is 0. The maximum Gasteiger partial charge on any atom is 0.200 e. The second-order valence-corrected chi connectivity index (χ2v) is 8.24. The van der Waals surface area contributed by atoms with Crippen molar-refractivity contribution in [2.24, 2.45) is 47.3 Å². The third-order valence-corrected chi connectivity index (χ3v) is 8.30. The summed E-state index contributed by atoms with van der Waals surface area (Å²) in [5.41, 5.74) is -1.94. The average Bonchev–Trinajstić information content (AvgIpc) is 3.16. The lowest BCUT2D eigenvalue weighted by molar-refractivity contribution is -0.0418. The van der Waals surface area contributed by atoms with E-state index in [4.69, 9.17) is 4.74 Å². The third kappa shape index (κ3) is 0.839. The van der Waals surface area contributed by atoms with Gasteiger partial charge >= 0.3 is 0 Å². The molecule has 10 atom stereocenters. The Kier molecular flexibility index (Phi) is 1.62. The van der Waals surface area contributed by atoms with Gasteiger partial charge in [-0.3, -0.25) is 0 Å². The highest BCUT2D eigenvalue weighted by Crippen LogP contribution is 2.92. The summed E-state index contributed by atoms with van der Waals surface area (Å²) in [5.74, 6) is -6.89. The molecule has 5 saturated carbocycles. The Morgan fingerprint density at radius 3 is 2.04 bits per heavy atom. The first kappa shape index (κ1) is 12.2. The van der Waals surface area contributed by atoms with E-state index in [0.717, 1.165) is 6.42 Å². The molecule has 2 saturated heterocycles. The van der Waals surface area contributed by atoms with E-state index in [9.17, 15) is 22.0 Å². The molecule has 7 fully saturated rings. The highest BCUT2D eigenvalue weighted by atomic mass is 19.2. The van der Waals surface area contributed by atoms with Gasteiger partial charge in [0.15, 0.2) is 23.3 Å². The van der Waals surface area contributed by atoms with Gasteiger partial charge in [-0.25, -0.2) is 22.0 Å². The number of hydrogen-bond acceptors (Lipinski definition) is 1. The van der Waals surface area contributed by atoms with Crippen molar-refractivity contribution in [3.63, 3.8) is 0 Å². The van der Waals surface area contributed by atoms with Gasteiger partial charge in [0.05, 0.1) is 11.7 Å². The topological polar surface area (TPSA) is 9.23 Å². The van der Waals surface area contributed by atoms with Crippen molar-refractivity contribution < 1.29 is 26.7 Å². The van der Waals surface area contributed by atoms with E-state index in [1.165, 1.54) is 0 Å². The van der Waals surface area contributed by atoms with E-state index in [1.807, 2.05) is 0 Å². The molecular weight excluding hydrogens is 315 g/mol. The molecule has 0 radical (unpaired) electrons. The molecule has 1 nitrogen and oxygen atoms in total. The molecule has 6 heteroatoms. The molecule has 0 amide bonds. The second kappa shape index (κ2) is 3.05. The first-order valence-electron chi connectivity index (χ1n) is 8.20. The van der Waals surface area contributed by atoms with Gasteiger partial charge in [0.2, 0.25) is 5.82 Å². The Morgan fingerprint density at radius 1 is 0.696 bits per heavy atom. The van der Waals surface area contributed by atoms with Gasteiger partial charge in [0, 0.05) is 11.8 Å². The van der Waals surface area contributed by atoms with Crippen LogP contribution < -0.4 is 0 Å². The normalized spacial score (nSPS) is 58.0. The number of rotatable bonds is 1. The zero-order valence-corrected chi connectivity index (χ0v) is 11.7. The fraction of sp³-hybridized carbons (Fsp3) is 0.647. The summed E-state index contributed by atoms with van der Waals surface area (Å²) in [5, 5.41) is 0. The van der Waals surface area contributed by atoms with Gasteiger partial charge in [0.1, 0.15) is 5.60 Å². The molecule has 1 aromatic rings. The molecule has 0 aromatic heterocycles. The molecule has 0 spiro atoms. The molecule has 5 aliphatic carbocycles. The lowest BCUT2D eigenvalue weighted by Gasteiger charge is -2.46. The average molecular weight is 326 g/mol. The Bertz CT molecular complexity index is 800. The predicted octanol–water partition coefficient (Wildman–Crippen LogP) is 3.36. The number of hydrogen-bond donors (Lipinski definition) is 0. The molecule has 4 bridgehead atoms. The van der Waals surface area contributed by atoms with Crippen LogP contribution in [0.25, 0.3) is 0 Å². The lowest BCUT2D eigenvalue weighted by Crippen LogP contribution is -2.48. The number of halogens is 5. The summed E-state index contributed by atoms with van der Waals surface area (Å²) in [6, 6.07) is 0. The molecular formula is C17H11F5O. The fourth-order valence-corrected chi connectivity index (χ4v) is 8.35. The summed E-state index contributed by atoms with van der Waals surface area (Å²) < 4.78 is 76.1. The maximum atomic E-state index is 14.5. The van der Waals surface area contributed by atoms with Gasteiger partial charge in [-0.15, -0.1) is 0 Å². The smallest absolute Gasteiger partial charge is 0.200 e. The van der Waals surface area contributed by atoms with E-state index in [0.29, 0.717) is 23.7 Å². The van der Waals surface area contributed by atoms with Crippen LogP contribution in [0.3, 0.4) is 0 Å². The van der Waals surface area contributed by atoms with Crippen LogP contribution in [0.2, 0.25) is 0 Å². The summed E-state index contributed by atoms with van der Waals surface area (Å²) in [4.78, 5) is 0. The first-order valence-corrected chi connectivity index (χ1v) is 8.20. The van der Waals surface area contributed by atoms with Crippen molar-refractivity contribution in [1.29, 1.82) is 0 Å². The molecule has 8 rings (SSSR count). The minimum absolute atomic E-state index is 0.0290. The van der Waals surface area contributed by atoms with Gasteiger partial charge in [-0.05, 0) is 41.9 Å². The van der Waals surface area contributed by atoms with Crippen LogP contribution in [0, 0.1) is 76.4 Å².